The summed E-state index contributed by atoms with van der Waals surface area (Å²) >= 11 is 0. The molecular formula is C8H18KO. The van der Waals surface area contributed by atoms with Gasteiger partial charge in [-0.05, 0) is 12.8 Å². The SMILES string of the molecule is CCCCCC(O)CC.[K]. The molecule has 0 spiro atoms. The van der Waals surface area contributed by atoms with Gasteiger partial charge in [-0.15, -0.1) is 0 Å². The van der Waals surface area contributed by atoms with E-state index in [4.69, 9.17) is 5.11 Å². The molecule has 0 rings (SSSR count). The number of rotatable bonds is 5. The molecule has 57 valence electrons. The van der Waals surface area contributed by atoms with Crippen LogP contribution >= 0.6 is 0 Å². The first-order valence-electron chi connectivity index (χ1n) is 3.99. The summed E-state index contributed by atoms with van der Waals surface area (Å²) in [5, 5.41) is 9.08. The van der Waals surface area contributed by atoms with Gasteiger partial charge in [-0.3, -0.25) is 0 Å². The van der Waals surface area contributed by atoms with Crippen molar-refractivity contribution in [2.75, 3.05) is 0 Å². The zero-order valence-electron chi connectivity index (χ0n) is 7.56. The summed E-state index contributed by atoms with van der Waals surface area (Å²) in [6.07, 6.45) is 5.55. The molecule has 0 amide bonds. The van der Waals surface area contributed by atoms with Crippen LogP contribution in [0.1, 0.15) is 46.0 Å². The summed E-state index contributed by atoms with van der Waals surface area (Å²) < 4.78 is 0. The van der Waals surface area contributed by atoms with Gasteiger partial charge in [0.15, 0.2) is 0 Å². The second kappa shape index (κ2) is 10.6. The third-order valence-electron chi connectivity index (χ3n) is 1.61. The minimum Gasteiger partial charge on any atom is -0.393 e. The Kier molecular flexibility index (Phi) is 15.0. The van der Waals surface area contributed by atoms with Gasteiger partial charge >= 0.3 is 0 Å². The first-order valence-corrected chi connectivity index (χ1v) is 3.99. The average Bonchev–Trinajstić information content (AvgIpc) is 1.89. The molecule has 0 fully saturated rings. The average molecular weight is 169 g/mol. The van der Waals surface area contributed by atoms with Crippen LogP contribution in [0.5, 0.6) is 0 Å². The molecule has 0 bridgehead atoms. The fraction of sp³-hybridized carbons (Fsp3) is 1.00. The van der Waals surface area contributed by atoms with E-state index in [-0.39, 0.29) is 57.5 Å². The van der Waals surface area contributed by atoms with E-state index in [9.17, 15) is 0 Å². The first kappa shape index (κ1) is 14.1. The molecule has 0 aromatic rings. The standard InChI is InChI=1S/C8H18O.K/c1-3-5-6-7-8(9)4-2;/h8-9H,3-7H2,1-2H3;. The minimum atomic E-state index is -0.0449. The van der Waals surface area contributed by atoms with Crippen molar-refractivity contribution in [1.29, 1.82) is 0 Å². The molecule has 1 N–H and O–H groups in total. The van der Waals surface area contributed by atoms with E-state index < -0.39 is 0 Å². The van der Waals surface area contributed by atoms with Crippen LogP contribution in [-0.2, 0) is 0 Å². The smallest absolute Gasteiger partial charge is 0.0537 e. The molecule has 0 aliphatic carbocycles. The first-order chi connectivity index (χ1) is 4.31. The predicted molar refractivity (Wildman–Crippen MR) is 46.2 cm³/mol. The van der Waals surface area contributed by atoms with Gasteiger partial charge in [0.2, 0.25) is 0 Å². The number of unbranched alkanes of at least 4 members (excludes halogenated alkanes) is 2. The van der Waals surface area contributed by atoms with Crippen molar-refractivity contribution in [2.45, 2.75) is 52.1 Å². The molecule has 0 heterocycles. The van der Waals surface area contributed by atoms with E-state index in [1.807, 2.05) is 6.92 Å². The molecule has 0 aliphatic rings. The van der Waals surface area contributed by atoms with E-state index in [0.717, 1.165) is 12.8 Å². The number of hydrogen-bond acceptors (Lipinski definition) is 1. The van der Waals surface area contributed by atoms with Gasteiger partial charge in [0.1, 0.15) is 0 Å². The monoisotopic (exact) mass is 169 g/mol. The molecule has 2 heteroatoms. The summed E-state index contributed by atoms with van der Waals surface area (Å²) in [5.41, 5.74) is 0. The molecule has 0 aliphatic heterocycles. The van der Waals surface area contributed by atoms with Gasteiger partial charge in [0.05, 0.1) is 6.10 Å². The molecule has 0 saturated heterocycles. The van der Waals surface area contributed by atoms with Gasteiger partial charge < -0.3 is 5.11 Å². The van der Waals surface area contributed by atoms with Crippen molar-refractivity contribution in [2.24, 2.45) is 0 Å². The van der Waals surface area contributed by atoms with Crippen LogP contribution in [0.4, 0.5) is 0 Å². The second-order valence-electron chi connectivity index (χ2n) is 2.56. The quantitative estimate of drug-likeness (QED) is 0.493. The molecule has 0 aromatic heterocycles. The van der Waals surface area contributed by atoms with Crippen LogP contribution in [-0.4, -0.2) is 62.6 Å². The molecule has 0 saturated carbocycles. The van der Waals surface area contributed by atoms with E-state index in [0.29, 0.717) is 0 Å². The number of hydrogen-bond donors (Lipinski definition) is 1. The third-order valence-corrected chi connectivity index (χ3v) is 1.61. The Labute approximate surface area is 107 Å². The van der Waals surface area contributed by atoms with Crippen molar-refractivity contribution >= 4 is 51.4 Å². The maximum Gasteiger partial charge on any atom is 0.0537 e. The van der Waals surface area contributed by atoms with Crippen molar-refractivity contribution in [3.05, 3.63) is 0 Å². The normalized spacial score (nSPS) is 12.3. The number of aliphatic hydroxyl groups is 1. The summed E-state index contributed by atoms with van der Waals surface area (Å²) in [4.78, 5) is 0. The van der Waals surface area contributed by atoms with Crippen molar-refractivity contribution in [1.82, 2.24) is 0 Å². The Morgan fingerprint density at radius 2 is 1.80 bits per heavy atom. The largest absolute Gasteiger partial charge is 0.393 e. The summed E-state index contributed by atoms with van der Waals surface area (Å²) in [5.74, 6) is 0. The molecular weight excluding hydrogens is 151 g/mol. The van der Waals surface area contributed by atoms with Crippen molar-refractivity contribution in [3.8, 4) is 0 Å². The van der Waals surface area contributed by atoms with E-state index in [1.54, 1.807) is 0 Å². The van der Waals surface area contributed by atoms with Crippen molar-refractivity contribution in [3.63, 3.8) is 0 Å². The van der Waals surface area contributed by atoms with Gasteiger partial charge in [-0.1, -0.05) is 33.1 Å². The topological polar surface area (TPSA) is 20.2 Å². The Hall–Kier alpha value is 1.60. The van der Waals surface area contributed by atoms with Crippen LogP contribution in [0.25, 0.3) is 0 Å². The fourth-order valence-corrected chi connectivity index (χ4v) is 0.834. The van der Waals surface area contributed by atoms with Gasteiger partial charge in [-0.2, -0.15) is 0 Å². The van der Waals surface area contributed by atoms with Gasteiger partial charge in [0, 0.05) is 51.4 Å². The zero-order chi connectivity index (χ0) is 7.11. The second-order valence-corrected chi connectivity index (χ2v) is 2.56. The summed E-state index contributed by atoms with van der Waals surface area (Å²) in [6, 6.07) is 0. The summed E-state index contributed by atoms with van der Waals surface area (Å²) in [7, 11) is 0. The van der Waals surface area contributed by atoms with Crippen LogP contribution < -0.4 is 0 Å². The number of aliphatic hydroxyl groups excluding tert-OH is 1. The van der Waals surface area contributed by atoms with E-state index >= 15 is 0 Å². The minimum absolute atomic E-state index is 0. The van der Waals surface area contributed by atoms with Crippen LogP contribution in [0.15, 0.2) is 0 Å². The zero-order valence-corrected chi connectivity index (χ0v) is 10.7. The van der Waals surface area contributed by atoms with Crippen LogP contribution in [0, 0.1) is 0 Å². The Morgan fingerprint density at radius 1 is 1.20 bits per heavy atom. The summed E-state index contributed by atoms with van der Waals surface area (Å²) in [6.45, 7) is 4.20. The Bertz CT molecular complexity index is 57.2. The molecule has 1 atom stereocenters. The molecule has 1 radical (unpaired) electrons. The molecule has 0 aromatic carbocycles. The predicted octanol–water partition coefficient (Wildman–Crippen LogP) is 1.96. The fourth-order valence-electron chi connectivity index (χ4n) is 0.834. The van der Waals surface area contributed by atoms with Crippen molar-refractivity contribution < 1.29 is 5.11 Å². The molecule has 1 unspecified atom stereocenters. The van der Waals surface area contributed by atoms with Gasteiger partial charge in [0.25, 0.3) is 0 Å². The van der Waals surface area contributed by atoms with Crippen LogP contribution in [0.2, 0.25) is 0 Å². The Morgan fingerprint density at radius 3 is 2.20 bits per heavy atom. The van der Waals surface area contributed by atoms with E-state index in [2.05, 4.69) is 6.92 Å². The van der Waals surface area contributed by atoms with E-state index in [1.165, 1.54) is 19.3 Å². The molecule has 1 nitrogen and oxygen atoms in total. The van der Waals surface area contributed by atoms with Crippen LogP contribution in [0.3, 0.4) is 0 Å². The maximum absolute atomic E-state index is 9.08. The van der Waals surface area contributed by atoms with Gasteiger partial charge in [-0.25, -0.2) is 0 Å². The molecule has 10 heavy (non-hydrogen) atoms. The third kappa shape index (κ3) is 9.60. The Balaban J connectivity index is 0. The maximum atomic E-state index is 9.08.